The van der Waals surface area contributed by atoms with E-state index >= 15 is 0 Å². The van der Waals surface area contributed by atoms with Gasteiger partial charge in [0.2, 0.25) is 5.91 Å². The molecule has 0 aliphatic rings. The molecule has 5 heteroatoms. The van der Waals surface area contributed by atoms with Crippen LogP contribution in [0.15, 0.2) is 24.3 Å². The zero-order chi connectivity index (χ0) is 16.0. The summed E-state index contributed by atoms with van der Waals surface area (Å²) in [4.78, 5) is 22.8. The summed E-state index contributed by atoms with van der Waals surface area (Å²) in [5, 5.41) is 11.7. The molecule has 0 aliphatic carbocycles. The fourth-order valence-corrected chi connectivity index (χ4v) is 2.19. The van der Waals surface area contributed by atoms with Crippen molar-refractivity contribution in [2.45, 2.75) is 39.7 Å². The zero-order valence-corrected chi connectivity index (χ0v) is 13.0. The Kier molecular flexibility index (Phi) is 5.76. The second kappa shape index (κ2) is 7.11. The van der Waals surface area contributed by atoms with Gasteiger partial charge in [-0.3, -0.25) is 9.59 Å². The average molecular weight is 293 g/mol. The van der Waals surface area contributed by atoms with E-state index in [4.69, 9.17) is 9.84 Å². The number of hydrogen-bond acceptors (Lipinski definition) is 3. The second-order valence-corrected chi connectivity index (χ2v) is 5.98. The molecule has 0 unspecified atom stereocenters. The topological polar surface area (TPSA) is 75.6 Å². The number of carbonyl (C=O) groups is 2. The number of ether oxygens (including phenoxy) is 1. The molecule has 1 amide bonds. The fraction of sp³-hybridized carbons (Fsp3) is 0.500. The van der Waals surface area contributed by atoms with Crippen LogP contribution in [0.5, 0.6) is 5.75 Å². The smallest absolute Gasteiger partial charge is 0.303 e. The number of rotatable bonds is 7. The Morgan fingerprint density at radius 2 is 2.00 bits per heavy atom. The van der Waals surface area contributed by atoms with E-state index in [0.717, 1.165) is 11.3 Å². The van der Waals surface area contributed by atoms with Crippen LogP contribution in [0.2, 0.25) is 0 Å². The lowest BCUT2D eigenvalue weighted by molar-refractivity contribution is -0.139. The van der Waals surface area contributed by atoms with E-state index in [1.165, 1.54) is 0 Å². The van der Waals surface area contributed by atoms with E-state index in [9.17, 15) is 9.59 Å². The van der Waals surface area contributed by atoms with Crippen LogP contribution < -0.4 is 10.1 Å². The van der Waals surface area contributed by atoms with Gasteiger partial charge in [-0.1, -0.05) is 26.0 Å². The standard InChI is InChI=1S/C16H23NO4/c1-11(12-6-5-7-13(8-12)21-4)17-14(18)9-16(2,3)10-15(19)20/h5-8,11H,9-10H2,1-4H3,(H,17,18)(H,19,20)/t11-/m0/s1. The van der Waals surface area contributed by atoms with Crippen molar-refractivity contribution in [3.05, 3.63) is 29.8 Å². The van der Waals surface area contributed by atoms with Crippen LogP contribution in [-0.2, 0) is 9.59 Å². The maximum absolute atomic E-state index is 12.0. The number of amides is 1. The van der Waals surface area contributed by atoms with Crippen molar-refractivity contribution in [2.75, 3.05) is 7.11 Å². The molecular formula is C16H23NO4. The monoisotopic (exact) mass is 293 g/mol. The maximum Gasteiger partial charge on any atom is 0.303 e. The molecule has 1 aromatic rings. The third-order valence-corrected chi connectivity index (χ3v) is 3.24. The SMILES string of the molecule is COc1cccc([C@H](C)NC(=O)CC(C)(C)CC(=O)O)c1. The minimum atomic E-state index is -0.895. The summed E-state index contributed by atoms with van der Waals surface area (Å²) in [5.74, 6) is -0.315. The molecule has 0 spiro atoms. The number of carboxylic acids is 1. The minimum Gasteiger partial charge on any atom is -0.497 e. The van der Waals surface area contributed by atoms with Crippen molar-refractivity contribution in [2.24, 2.45) is 5.41 Å². The van der Waals surface area contributed by atoms with Gasteiger partial charge in [0.1, 0.15) is 5.75 Å². The summed E-state index contributed by atoms with van der Waals surface area (Å²) in [7, 11) is 1.59. The highest BCUT2D eigenvalue weighted by molar-refractivity contribution is 5.78. The molecule has 0 radical (unpaired) electrons. The van der Waals surface area contributed by atoms with Gasteiger partial charge in [0, 0.05) is 6.42 Å². The van der Waals surface area contributed by atoms with E-state index < -0.39 is 11.4 Å². The van der Waals surface area contributed by atoms with E-state index in [0.29, 0.717) is 0 Å². The second-order valence-electron chi connectivity index (χ2n) is 5.98. The Balaban J connectivity index is 2.63. The fourth-order valence-electron chi connectivity index (χ4n) is 2.19. The summed E-state index contributed by atoms with van der Waals surface area (Å²) >= 11 is 0. The summed E-state index contributed by atoms with van der Waals surface area (Å²) in [6, 6.07) is 7.33. The first-order valence-electron chi connectivity index (χ1n) is 6.88. The normalized spacial score (nSPS) is 12.6. The van der Waals surface area contributed by atoms with Crippen molar-refractivity contribution in [3.8, 4) is 5.75 Å². The molecule has 1 rings (SSSR count). The lowest BCUT2D eigenvalue weighted by Gasteiger charge is -2.23. The van der Waals surface area contributed by atoms with Crippen LogP contribution in [0.3, 0.4) is 0 Å². The highest BCUT2D eigenvalue weighted by atomic mass is 16.5. The third kappa shape index (κ3) is 5.85. The van der Waals surface area contributed by atoms with Crippen molar-refractivity contribution in [1.29, 1.82) is 0 Å². The Morgan fingerprint density at radius 3 is 2.57 bits per heavy atom. The predicted molar refractivity (Wildman–Crippen MR) is 80.2 cm³/mol. The molecule has 0 fully saturated rings. The molecule has 116 valence electrons. The van der Waals surface area contributed by atoms with Crippen molar-refractivity contribution in [3.63, 3.8) is 0 Å². The van der Waals surface area contributed by atoms with Gasteiger partial charge in [0.25, 0.3) is 0 Å². The Labute approximate surface area is 125 Å². The van der Waals surface area contributed by atoms with Gasteiger partial charge in [-0.15, -0.1) is 0 Å². The lowest BCUT2D eigenvalue weighted by Crippen LogP contribution is -2.31. The first kappa shape index (κ1) is 17.0. The van der Waals surface area contributed by atoms with Crippen molar-refractivity contribution < 1.29 is 19.4 Å². The predicted octanol–water partition coefficient (Wildman–Crippen LogP) is 2.76. The number of aliphatic carboxylic acids is 1. The maximum atomic E-state index is 12.0. The summed E-state index contributed by atoms with van der Waals surface area (Å²) in [6.07, 6.45) is 0.140. The molecule has 1 atom stereocenters. The third-order valence-electron chi connectivity index (χ3n) is 3.24. The van der Waals surface area contributed by atoms with Gasteiger partial charge in [-0.05, 0) is 30.0 Å². The lowest BCUT2D eigenvalue weighted by atomic mass is 9.85. The van der Waals surface area contributed by atoms with Gasteiger partial charge in [0.15, 0.2) is 0 Å². The quantitative estimate of drug-likeness (QED) is 0.810. The van der Waals surface area contributed by atoms with Crippen LogP contribution >= 0.6 is 0 Å². The molecule has 0 saturated heterocycles. The first-order valence-corrected chi connectivity index (χ1v) is 6.88. The summed E-state index contributed by atoms with van der Waals surface area (Å²) < 4.78 is 5.16. The Bertz CT molecular complexity index is 511. The minimum absolute atomic E-state index is 0.0338. The van der Waals surface area contributed by atoms with E-state index in [1.807, 2.05) is 31.2 Å². The molecule has 0 bridgehead atoms. The molecule has 5 nitrogen and oxygen atoms in total. The first-order chi connectivity index (χ1) is 9.73. The van der Waals surface area contributed by atoms with E-state index in [-0.39, 0.29) is 24.8 Å². The molecule has 2 N–H and O–H groups in total. The van der Waals surface area contributed by atoms with Gasteiger partial charge >= 0.3 is 5.97 Å². The van der Waals surface area contributed by atoms with Crippen LogP contribution in [0.4, 0.5) is 0 Å². The number of carboxylic acid groups (broad SMARTS) is 1. The summed E-state index contributed by atoms with van der Waals surface area (Å²) in [6.45, 7) is 5.44. The van der Waals surface area contributed by atoms with E-state index in [2.05, 4.69) is 5.32 Å². The van der Waals surface area contributed by atoms with Crippen LogP contribution in [0.25, 0.3) is 0 Å². The van der Waals surface area contributed by atoms with Gasteiger partial charge < -0.3 is 15.2 Å². The molecule has 0 saturated carbocycles. The number of nitrogens with one attached hydrogen (secondary N) is 1. The number of carbonyl (C=O) groups excluding carboxylic acids is 1. The zero-order valence-electron chi connectivity index (χ0n) is 13.0. The van der Waals surface area contributed by atoms with E-state index in [1.54, 1.807) is 21.0 Å². The largest absolute Gasteiger partial charge is 0.497 e. The van der Waals surface area contributed by atoms with Crippen LogP contribution in [0.1, 0.15) is 45.2 Å². The molecule has 0 aromatic heterocycles. The van der Waals surface area contributed by atoms with Crippen molar-refractivity contribution >= 4 is 11.9 Å². The highest BCUT2D eigenvalue weighted by Gasteiger charge is 2.25. The molecule has 21 heavy (non-hydrogen) atoms. The highest BCUT2D eigenvalue weighted by Crippen LogP contribution is 2.26. The number of methoxy groups -OCH3 is 1. The van der Waals surface area contributed by atoms with Crippen LogP contribution in [-0.4, -0.2) is 24.1 Å². The summed E-state index contributed by atoms with van der Waals surface area (Å²) in [5.41, 5.74) is 0.378. The number of hydrogen-bond donors (Lipinski definition) is 2. The Hall–Kier alpha value is -2.04. The Morgan fingerprint density at radius 1 is 1.33 bits per heavy atom. The molecular weight excluding hydrogens is 270 g/mol. The molecule has 0 aliphatic heterocycles. The van der Waals surface area contributed by atoms with Gasteiger partial charge in [0.05, 0.1) is 19.6 Å². The van der Waals surface area contributed by atoms with Crippen LogP contribution in [0, 0.1) is 5.41 Å². The number of benzene rings is 1. The molecule has 1 aromatic carbocycles. The van der Waals surface area contributed by atoms with Gasteiger partial charge in [-0.2, -0.15) is 0 Å². The van der Waals surface area contributed by atoms with Gasteiger partial charge in [-0.25, -0.2) is 0 Å². The molecule has 0 heterocycles. The average Bonchev–Trinajstić information content (AvgIpc) is 2.36. The van der Waals surface area contributed by atoms with Crippen molar-refractivity contribution in [1.82, 2.24) is 5.32 Å².